The summed E-state index contributed by atoms with van der Waals surface area (Å²) in [6.45, 7) is 2.00. The van der Waals surface area contributed by atoms with Gasteiger partial charge in [0.1, 0.15) is 0 Å². The molecule has 3 N–H and O–H groups in total. The molecule has 0 unspecified atom stereocenters. The molecule has 0 radical (unpaired) electrons. The number of aliphatic hydroxyl groups is 1. The van der Waals surface area contributed by atoms with Gasteiger partial charge in [-0.15, -0.1) is 0 Å². The second-order valence-electron chi connectivity index (χ2n) is 3.24. The second-order valence-corrected chi connectivity index (χ2v) is 4.06. The minimum Gasteiger partial charge on any atom is -0.396 e. The average molecular weight is 234 g/mol. The zero-order valence-corrected chi connectivity index (χ0v) is 9.44. The van der Waals surface area contributed by atoms with E-state index in [9.17, 15) is 0 Å². The van der Waals surface area contributed by atoms with Crippen molar-refractivity contribution in [2.45, 2.75) is 19.4 Å². The molecule has 0 fully saturated rings. The van der Waals surface area contributed by atoms with Crippen molar-refractivity contribution in [2.75, 3.05) is 6.61 Å². The maximum Gasteiger partial charge on any atom is 0.0595 e. The van der Waals surface area contributed by atoms with E-state index in [1.807, 2.05) is 6.92 Å². The van der Waals surface area contributed by atoms with Crippen molar-refractivity contribution < 1.29 is 5.11 Å². The minimum atomic E-state index is -0.185. The highest BCUT2D eigenvalue weighted by molar-refractivity contribution is 6.42. The summed E-state index contributed by atoms with van der Waals surface area (Å²) in [6.07, 6.45) is 0.527. The van der Waals surface area contributed by atoms with Crippen LogP contribution in [0.1, 0.15) is 23.6 Å². The summed E-state index contributed by atoms with van der Waals surface area (Å²) in [6, 6.07) is 3.37. The Labute approximate surface area is 93.6 Å². The molecule has 14 heavy (non-hydrogen) atoms. The first-order valence-corrected chi connectivity index (χ1v) is 5.14. The summed E-state index contributed by atoms with van der Waals surface area (Å²) < 4.78 is 0. The standard InChI is InChI=1S/C10H13Cl2NO/c1-6-4-8(11)9(12)5-7(6)10(13)2-3-14/h4-5,10,14H,2-3,13H2,1H3/t10-/m0/s1. The average Bonchev–Trinajstić information content (AvgIpc) is 2.11. The first-order valence-electron chi connectivity index (χ1n) is 4.38. The van der Waals surface area contributed by atoms with Crippen molar-refractivity contribution in [3.05, 3.63) is 33.3 Å². The predicted octanol–water partition coefficient (Wildman–Crippen LogP) is 2.68. The highest BCUT2D eigenvalue weighted by atomic mass is 35.5. The quantitative estimate of drug-likeness (QED) is 0.844. The van der Waals surface area contributed by atoms with Crippen LogP contribution in [0.4, 0.5) is 0 Å². The molecular formula is C10H13Cl2NO. The molecule has 1 aromatic rings. The summed E-state index contributed by atoms with van der Waals surface area (Å²) in [5.41, 5.74) is 7.80. The van der Waals surface area contributed by atoms with Crippen LogP contribution >= 0.6 is 23.2 Å². The Hall–Kier alpha value is -0.280. The molecule has 0 aliphatic heterocycles. The van der Waals surface area contributed by atoms with E-state index in [2.05, 4.69) is 0 Å². The highest BCUT2D eigenvalue weighted by Crippen LogP contribution is 2.28. The maximum atomic E-state index is 8.77. The normalized spacial score (nSPS) is 12.9. The Balaban J connectivity index is 3.02. The smallest absolute Gasteiger partial charge is 0.0595 e. The molecule has 0 aliphatic rings. The largest absolute Gasteiger partial charge is 0.396 e. The molecule has 4 heteroatoms. The molecule has 0 saturated heterocycles. The van der Waals surface area contributed by atoms with Crippen molar-refractivity contribution in [3.63, 3.8) is 0 Å². The van der Waals surface area contributed by atoms with Gasteiger partial charge in [-0.25, -0.2) is 0 Å². The van der Waals surface area contributed by atoms with Crippen molar-refractivity contribution in [1.82, 2.24) is 0 Å². The van der Waals surface area contributed by atoms with Crippen LogP contribution in [0, 0.1) is 6.92 Å². The fourth-order valence-corrected chi connectivity index (χ4v) is 1.75. The lowest BCUT2D eigenvalue weighted by atomic mass is 10.00. The van der Waals surface area contributed by atoms with E-state index in [1.165, 1.54) is 0 Å². The van der Waals surface area contributed by atoms with Gasteiger partial charge in [-0.05, 0) is 36.6 Å². The number of hydrogen-bond acceptors (Lipinski definition) is 2. The van der Waals surface area contributed by atoms with Gasteiger partial charge in [0.05, 0.1) is 10.0 Å². The molecule has 1 aromatic carbocycles. The maximum absolute atomic E-state index is 8.77. The van der Waals surface area contributed by atoms with Gasteiger partial charge in [-0.2, -0.15) is 0 Å². The molecule has 0 aliphatic carbocycles. The van der Waals surface area contributed by atoms with E-state index < -0.39 is 0 Å². The molecule has 0 saturated carbocycles. The van der Waals surface area contributed by atoms with E-state index in [-0.39, 0.29) is 12.6 Å². The van der Waals surface area contributed by atoms with Crippen LogP contribution in [-0.2, 0) is 0 Å². The number of halogens is 2. The summed E-state index contributed by atoms with van der Waals surface area (Å²) in [5.74, 6) is 0. The molecule has 1 rings (SSSR count). The van der Waals surface area contributed by atoms with E-state index in [0.717, 1.165) is 11.1 Å². The van der Waals surface area contributed by atoms with E-state index in [1.54, 1.807) is 12.1 Å². The van der Waals surface area contributed by atoms with Gasteiger partial charge in [0.2, 0.25) is 0 Å². The monoisotopic (exact) mass is 233 g/mol. The van der Waals surface area contributed by atoms with E-state index in [4.69, 9.17) is 34.0 Å². The van der Waals surface area contributed by atoms with Crippen molar-refractivity contribution in [3.8, 4) is 0 Å². The van der Waals surface area contributed by atoms with E-state index in [0.29, 0.717) is 16.5 Å². The van der Waals surface area contributed by atoms with Crippen molar-refractivity contribution >= 4 is 23.2 Å². The zero-order valence-electron chi connectivity index (χ0n) is 7.93. The summed E-state index contributed by atoms with van der Waals surface area (Å²) in [5, 5.41) is 9.81. The molecule has 0 amide bonds. The molecule has 0 bridgehead atoms. The SMILES string of the molecule is Cc1cc(Cl)c(Cl)cc1[C@@H](N)CCO. The van der Waals surface area contributed by atoms with Crippen molar-refractivity contribution in [1.29, 1.82) is 0 Å². The molecule has 0 spiro atoms. The third kappa shape index (κ3) is 2.61. The summed E-state index contributed by atoms with van der Waals surface area (Å²) in [4.78, 5) is 0. The van der Waals surface area contributed by atoms with Gasteiger partial charge in [-0.1, -0.05) is 23.2 Å². The summed E-state index contributed by atoms with van der Waals surface area (Å²) in [7, 11) is 0. The minimum absolute atomic E-state index is 0.0703. The zero-order chi connectivity index (χ0) is 10.7. The van der Waals surface area contributed by atoms with E-state index >= 15 is 0 Å². The fraction of sp³-hybridized carbons (Fsp3) is 0.400. The molecule has 0 aromatic heterocycles. The third-order valence-electron chi connectivity index (χ3n) is 2.15. The van der Waals surface area contributed by atoms with Gasteiger partial charge in [0.25, 0.3) is 0 Å². The Bertz CT molecular complexity index is 328. The topological polar surface area (TPSA) is 46.2 Å². The Kier molecular flexibility index (Phi) is 4.20. The second kappa shape index (κ2) is 4.99. The molecular weight excluding hydrogens is 221 g/mol. The van der Waals surface area contributed by atoms with Gasteiger partial charge < -0.3 is 10.8 Å². The predicted molar refractivity (Wildman–Crippen MR) is 59.8 cm³/mol. The van der Waals surface area contributed by atoms with Gasteiger partial charge in [0.15, 0.2) is 0 Å². The van der Waals surface area contributed by atoms with Gasteiger partial charge >= 0.3 is 0 Å². The summed E-state index contributed by atoms with van der Waals surface area (Å²) >= 11 is 11.7. The Morgan fingerprint density at radius 1 is 1.36 bits per heavy atom. The molecule has 78 valence electrons. The number of aryl methyl sites for hydroxylation is 1. The lowest BCUT2D eigenvalue weighted by Gasteiger charge is -2.14. The number of nitrogens with two attached hydrogens (primary N) is 1. The van der Waals surface area contributed by atoms with Crippen LogP contribution in [0.2, 0.25) is 10.0 Å². The van der Waals surface area contributed by atoms with Crippen molar-refractivity contribution in [2.24, 2.45) is 5.73 Å². The van der Waals surface area contributed by atoms with Gasteiger partial charge in [-0.3, -0.25) is 0 Å². The molecule has 2 nitrogen and oxygen atoms in total. The third-order valence-corrected chi connectivity index (χ3v) is 2.87. The van der Waals surface area contributed by atoms with Crippen LogP contribution in [0.15, 0.2) is 12.1 Å². The lowest BCUT2D eigenvalue weighted by Crippen LogP contribution is -2.13. The van der Waals surface area contributed by atoms with Crippen LogP contribution in [0.5, 0.6) is 0 Å². The first-order chi connectivity index (χ1) is 6.56. The van der Waals surface area contributed by atoms with Gasteiger partial charge in [0, 0.05) is 12.6 Å². The van der Waals surface area contributed by atoms with Crippen LogP contribution in [0.25, 0.3) is 0 Å². The lowest BCUT2D eigenvalue weighted by molar-refractivity contribution is 0.276. The first kappa shape index (κ1) is 11.8. The number of rotatable bonds is 3. The van der Waals surface area contributed by atoms with Crippen LogP contribution in [0.3, 0.4) is 0 Å². The Morgan fingerprint density at radius 2 is 1.93 bits per heavy atom. The Morgan fingerprint density at radius 3 is 2.50 bits per heavy atom. The molecule has 1 atom stereocenters. The van der Waals surface area contributed by atoms with Crippen LogP contribution < -0.4 is 5.73 Å². The fourth-order valence-electron chi connectivity index (χ4n) is 1.36. The highest BCUT2D eigenvalue weighted by Gasteiger charge is 2.10. The number of hydrogen-bond donors (Lipinski definition) is 2. The molecule has 0 heterocycles. The number of benzene rings is 1. The van der Waals surface area contributed by atoms with Crippen LogP contribution in [-0.4, -0.2) is 11.7 Å². The number of aliphatic hydroxyl groups excluding tert-OH is 1.